The van der Waals surface area contributed by atoms with Crippen LogP contribution in [-0.4, -0.2) is 181 Å². The number of nitrogens with zero attached hydrogens (tertiary/aromatic N) is 8. The summed E-state index contributed by atoms with van der Waals surface area (Å²) in [5, 5.41) is 54.3. The number of ketones is 4. The van der Waals surface area contributed by atoms with Gasteiger partial charge in [-0.15, -0.1) is 0 Å². The summed E-state index contributed by atoms with van der Waals surface area (Å²) in [5.41, 5.74) is -4.22. The van der Waals surface area contributed by atoms with Crippen LogP contribution in [0.3, 0.4) is 0 Å². The largest absolute Gasteiger partial charge is 0.478 e. The van der Waals surface area contributed by atoms with E-state index < -0.39 is 224 Å². The summed E-state index contributed by atoms with van der Waals surface area (Å²) in [4.78, 5) is 162. The summed E-state index contributed by atoms with van der Waals surface area (Å²) >= 11 is 0. The van der Waals surface area contributed by atoms with Crippen molar-refractivity contribution in [3.8, 4) is 45.8 Å². The van der Waals surface area contributed by atoms with Gasteiger partial charge in [0.15, 0.2) is 23.1 Å². The third-order valence-corrected chi connectivity index (χ3v) is 29.3. The Labute approximate surface area is 796 Å². The molecule has 4 aromatic heterocycles. The lowest BCUT2D eigenvalue weighted by Crippen LogP contribution is -2.46. The lowest BCUT2D eigenvalue weighted by atomic mass is 9.75. The molecule has 0 saturated heterocycles. The van der Waals surface area contributed by atoms with Crippen molar-refractivity contribution in [1.29, 1.82) is 0 Å². The van der Waals surface area contributed by atoms with Gasteiger partial charge in [-0.2, -0.15) is 63.6 Å². The van der Waals surface area contributed by atoms with Crippen LogP contribution >= 0.6 is 0 Å². The summed E-state index contributed by atoms with van der Waals surface area (Å²) < 4.78 is 167. The predicted octanol–water partition coefficient (Wildman–Crippen LogP) is 13.3. The van der Waals surface area contributed by atoms with Gasteiger partial charge in [-0.3, -0.25) is 47.0 Å². The van der Waals surface area contributed by atoms with Crippen LogP contribution in [-0.2, 0) is 54.6 Å². The van der Waals surface area contributed by atoms with Crippen LogP contribution in [0, 0.1) is 11.8 Å². The molecule has 0 spiro atoms. The molecule has 14 N–H and O–H groups in total. The van der Waals surface area contributed by atoms with Crippen LogP contribution in [0.25, 0.3) is 44.1 Å². The standard InChI is InChI=1S/C95H74N14O28S4/c1-108-66-29-27-62(74-76(66)72(56-17-9-11-19-58(56)82(74)112)78(84(108)114)80(110)46-13-5-3-6-14-46)98-64-42-52(23-31-68(64)138(124,125)126)96-90-102-92(106-94(104-90)136-54-38-48(86(116)117)36-49(39-54)87(118)119)100-60-25-21-44(34-70(60)140(130,131)132)33-45-22-26-61(71(35-45)141(133,134)135)101-93-103-91(105-95(107-93)137-55-40-50(88(120)121)37-51(41-55)89(122)123)97-53-24-32-69(139(127,128)129)65(43-53)99-63-28-30-67-77-73(57-18-10-12-20-59(57)83(113)75(63)77)79(85(115)109(67)2)81(111)47-15-7-4-8-16-47/h3-20,23-24,27-32,36-45,60-61,70-71,98-99H,21-22,25-26,33-35H2,1-2H3,(H,116,117)(H,118,119)(H,120,121)(H,122,123)(H,124,125,126)(H,127,128,129)(H,130,131,132)(H,133,134,135)(H2,96,100,102,104,106)(H2,97,101,103,105,107). The van der Waals surface area contributed by atoms with Crippen LogP contribution in [0.5, 0.6) is 23.5 Å². The minimum absolute atomic E-state index is 0.0609. The number of rotatable bonds is 30. The van der Waals surface area contributed by atoms with Crippen molar-refractivity contribution < 1.29 is 120 Å². The molecule has 4 heterocycles. The van der Waals surface area contributed by atoms with Crippen LogP contribution < -0.4 is 52.5 Å². The van der Waals surface area contributed by atoms with Gasteiger partial charge < -0.3 is 70.9 Å². The zero-order valence-corrected chi connectivity index (χ0v) is 76.3. The fourth-order valence-electron chi connectivity index (χ4n) is 18.6. The number of hydrogen-bond acceptors (Lipinski definition) is 32. The lowest BCUT2D eigenvalue weighted by Gasteiger charge is -2.39. The molecule has 2 fully saturated rings. The number of carbonyl (C=O) groups excluding carboxylic acids is 4. The maximum Gasteiger partial charge on any atom is 0.335 e. The van der Waals surface area contributed by atoms with E-state index in [-0.39, 0.29) is 156 Å². The molecule has 716 valence electrons. The smallest absolute Gasteiger partial charge is 0.335 e. The second kappa shape index (κ2) is 36.6. The summed E-state index contributed by atoms with van der Waals surface area (Å²) in [6.07, 6.45) is -0.620. The van der Waals surface area contributed by atoms with E-state index >= 15 is 0 Å². The number of anilines is 10. The van der Waals surface area contributed by atoms with Gasteiger partial charge in [-0.1, -0.05) is 109 Å². The number of carboxylic acid groups (broad SMARTS) is 4. The lowest BCUT2D eigenvalue weighted by molar-refractivity contribution is 0.0675. The quantitative estimate of drug-likeness (QED) is 0.0147. The first kappa shape index (κ1) is 94.6. The highest BCUT2D eigenvalue weighted by atomic mass is 32.2. The Bertz CT molecular complexity index is 7880. The van der Waals surface area contributed by atoms with Gasteiger partial charge in [0.05, 0.1) is 78.3 Å². The van der Waals surface area contributed by atoms with Crippen molar-refractivity contribution in [2.75, 3.05) is 31.9 Å². The number of aromatic nitrogens is 8. The van der Waals surface area contributed by atoms with Crippen molar-refractivity contribution in [2.45, 2.75) is 77.3 Å². The molecule has 0 bridgehead atoms. The molecule has 2 saturated carbocycles. The Morgan fingerprint density at radius 3 is 1.05 bits per heavy atom. The molecular weight excluding hydrogens is 1910 g/mol. The average molecular weight is 1990 g/mol. The number of ether oxygens (including phenoxy) is 2. The van der Waals surface area contributed by atoms with Gasteiger partial charge in [0, 0.05) is 81.7 Å². The maximum absolute atomic E-state index is 15.0. The van der Waals surface area contributed by atoms with E-state index in [4.69, 9.17) is 9.47 Å². The normalized spacial score (nSPS) is 16.6. The van der Waals surface area contributed by atoms with Crippen LogP contribution in [0.15, 0.2) is 226 Å². The summed E-state index contributed by atoms with van der Waals surface area (Å²) in [5.74, 6) is -13.3. The molecule has 6 unspecified atom stereocenters. The molecule has 42 nitrogen and oxygen atoms in total. The highest BCUT2D eigenvalue weighted by molar-refractivity contribution is 7.87. The molecule has 0 amide bonds. The molecule has 0 radical (unpaired) electrons. The fraction of sp³-hybridized carbons (Fsp3) is 0.158. The van der Waals surface area contributed by atoms with Crippen molar-refractivity contribution >= 4 is 167 Å². The van der Waals surface area contributed by atoms with Crippen LogP contribution in [0.4, 0.5) is 57.9 Å². The Kier molecular flexibility index (Phi) is 24.6. The number of pyridine rings is 2. The fourth-order valence-corrected chi connectivity index (χ4v) is 22.1. The zero-order valence-electron chi connectivity index (χ0n) is 73.0. The number of hydrogen-bond donors (Lipinski definition) is 14. The Morgan fingerprint density at radius 2 is 0.709 bits per heavy atom. The van der Waals surface area contributed by atoms with Crippen molar-refractivity contribution in [3.63, 3.8) is 0 Å². The van der Waals surface area contributed by atoms with E-state index in [0.29, 0.717) is 0 Å². The molecular formula is C95H74N14O28S4. The van der Waals surface area contributed by atoms with E-state index in [9.17, 15) is 120 Å². The number of aryl methyl sites for hydroxylation is 2. The van der Waals surface area contributed by atoms with Crippen molar-refractivity contribution in [2.24, 2.45) is 25.9 Å². The van der Waals surface area contributed by atoms with E-state index in [1.54, 1.807) is 72.8 Å². The SMILES string of the molecule is Cn1c(=O)c(C(=O)c2ccccc2)c2c3c(c(Nc4cc(Nc5nc(NC6CCC(CC7CCC(Nc8nc(Nc9ccc(S(=O)(=O)O)c(Nc%10ccc%11c%12c%10C(=O)c%10ccccc%10-c%12c(C(=O)c%10ccccc%10)c(=O)n%11C)c9)nc(Oc9cc(C(=O)O)cc(C(=O)O)c9)n8)C(S(=O)(=O)O)C7)CC6S(=O)(=O)O)nc(Oc6cc(C(=O)O)cc(C(=O)O)c6)n5)ccc4S(=O)(=O)O)ccc31)C(=O)c1ccccc1-2. The Morgan fingerprint density at radius 1 is 0.369 bits per heavy atom. The van der Waals surface area contributed by atoms with E-state index in [1.165, 1.54) is 83.9 Å². The first-order valence-corrected chi connectivity index (χ1v) is 48.6. The molecule has 6 atom stereocenters. The molecule has 18 rings (SSSR count). The van der Waals surface area contributed by atoms with Gasteiger partial charge in [0.25, 0.3) is 51.6 Å². The number of aromatic carboxylic acids is 4. The molecule has 10 aromatic carbocycles. The highest BCUT2D eigenvalue weighted by Crippen LogP contribution is 2.49. The molecule has 14 aromatic rings. The molecule has 4 aliphatic rings. The summed E-state index contributed by atoms with van der Waals surface area (Å²) in [6.45, 7) is 0. The topological polar surface area (TPSA) is 647 Å². The van der Waals surface area contributed by atoms with Crippen LogP contribution in [0.1, 0.15) is 150 Å². The minimum atomic E-state index is -5.20. The molecule has 141 heavy (non-hydrogen) atoms. The van der Waals surface area contributed by atoms with Crippen LogP contribution in [0.2, 0.25) is 0 Å². The Hall–Kier alpha value is -16.8. The molecule has 46 heteroatoms. The monoisotopic (exact) mass is 1990 g/mol. The van der Waals surface area contributed by atoms with Gasteiger partial charge in [0.1, 0.15) is 31.8 Å². The Balaban J connectivity index is 0.628. The second-order valence-corrected chi connectivity index (χ2v) is 39.7. The summed E-state index contributed by atoms with van der Waals surface area (Å²) in [7, 11) is -17.8. The molecule has 4 aliphatic carbocycles. The van der Waals surface area contributed by atoms with Crippen molar-refractivity contribution in [1.82, 2.24) is 39.0 Å². The first-order valence-electron chi connectivity index (χ1n) is 42.7. The predicted molar refractivity (Wildman–Crippen MR) is 507 cm³/mol. The number of carboxylic acids is 4. The van der Waals surface area contributed by atoms with Gasteiger partial charge >= 0.3 is 35.9 Å². The van der Waals surface area contributed by atoms with E-state index in [1.807, 2.05) is 0 Å². The maximum atomic E-state index is 15.0. The number of nitrogens with one attached hydrogen (secondary N) is 6. The average Bonchev–Trinajstić information content (AvgIpc) is 0.707. The second-order valence-electron chi connectivity index (χ2n) is 33.7. The molecule has 0 aliphatic heterocycles. The summed E-state index contributed by atoms with van der Waals surface area (Å²) in [6, 6.07) is 41.7. The number of fused-ring (bicyclic) bond motifs is 4. The van der Waals surface area contributed by atoms with Gasteiger partial charge in [0.2, 0.25) is 23.8 Å². The highest BCUT2D eigenvalue weighted by Gasteiger charge is 2.45. The zero-order chi connectivity index (χ0) is 100. The minimum Gasteiger partial charge on any atom is -0.478 e. The number of benzene rings is 10. The van der Waals surface area contributed by atoms with E-state index in [2.05, 4.69) is 61.8 Å². The first-order chi connectivity index (χ1) is 67.0. The van der Waals surface area contributed by atoms with Gasteiger partial charge in [-0.25, -0.2) is 19.2 Å². The van der Waals surface area contributed by atoms with Crippen molar-refractivity contribution in [3.05, 3.63) is 294 Å². The van der Waals surface area contributed by atoms with Gasteiger partial charge in [-0.05, 0) is 165 Å². The van der Waals surface area contributed by atoms with E-state index in [0.717, 1.165) is 72.8 Å². The third-order valence-electron chi connectivity index (χ3n) is 24.9. The number of carbonyl (C=O) groups is 8. The third kappa shape index (κ3) is 18.7.